The second-order valence-electron chi connectivity index (χ2n) is 4.14. The smallest absolute Gasteiger partial charge is 0.252 e. The van der Waals surface area contributed by atoms with Gasteiger partial charge in [-0.3, -0.25) is 9.59 Å². The molecule has 1 aromatic rings. The summed E-state index contributed by atoms with van der Waals surface area (Å²) in [6, 6.07) is 4.73. The molecular formula is C13H14Cl2O2. The van der Waals surface area contributed by atoms with E-state index in [-0.39, 0.29) is 0 Å². The molecule has 1 atom stereocenters. The van der Waals surface area contributed by atoms with Crippen molar-refractivity contribution in [3.8, 4) is 0 Å². The fourth-order valence-corrected chi connectivity index (χ4v) is 1.90. The Balaban J connectivity index is 3.15. The first-order valence-electron chi connectivity index (χ1n) is 5.48. The van der Waals surface area contributed by atoms with Crippen LogP contribution in [0.15, 0.2) is 18.2 Å². The van der Waals surface area contributed by atoms with Gasteiger partial charge in [-0.05, 0) is 59.3 Å². The molecule has 92 valence electrons. The van der Waals surface area contributed by atoms with Gasteiger partial charge in [0.05, 0.1) is 0 Å². The van der Waals surface area contributed by atoms with Crippen LogP contribution < -0.4 is 0 Å². The Kier molecular flexibility index (Phi) is 5.16. The summed E-state index contributed by atoms with van der Waals surface area (Å²) in [5.74, 6) is 0.422. The number of hydrogen-bond acceptors (Lipinski definition) is 2. The third-order valence-corrected chi connectivity index (χ3v) is 3.23. The molecule has 0 aliphatic heterocycles. The van der Waals surface area contributed by atoms with Crippen molar-refractivity contribution in [2.45, 2.75) is 26.7 Å². The van der Waals surface area contributed by atoms with Crippen molar-refractivity contribution in [2.24, 2.45) is 5.92 Å². The van der Waals surface area contributed by atoms with E-state index in [1.807, 2.05) is 0 Å². The van der Waals surface area contributed by atoms with Crippen LogP contribution >= 0.6 is 23.2 Å². The molecule has 0 fully saturated rings. The number of halogens is 2. The zero-order valence-electron chi connectivity index (χ0n) is 9.80. The molecule has 0 radical (unpaired) electrons. The molecule has 0 aliphatic rings. The molecule has 0 aromatic heterocycles. The van der Waals surface area contributed by atoms with Crippen molar-refractivity contribution >= 4 is 33.7 Å². The minimum Gasteiger partial charge on any atom is -0.276 e. The summed E-state index contributed by atoms with van der Waals surface area (Å²) in [5.41, 5.74) is 1.63. The lowest BCUT2D eigenvalue weighted by molar-refractivity contribution is 0.106. The van der Waals surface area contributed by atoms with E-state index >= 15 is 0 Å². The summed E-state index contributed by atoms with van der Waals surface area (Å²) in [6.07, 6.45) is 1.71. The summed E-state index contributed by atoms with van der Waals surface area (Å²) < 4.78 is 0. The maximum atomic E-state index is 11.3. The molecule has 0 bridgehead atoms. The number of rotatable bonds is 5. The van der Waals surface area contributed by atoms with Crippen LogP contribution in [-0.2, 0) is 6.42 Å². The lowest BCUT2D eigenvalue weighted by Crippen LogP contribution is -2.05. The van der Waals surface area contributed by atoms with E-state index in [9.17, 15) is 9.59 Å². The molecule has 0 N–H and O–H groups in total. The number of hydrogen-bond donors (Lipinski definition) is 0. The monoisotopic (exact) mass is 272 g/mol. The molecular weight excluding hydrogens is 259 g/mol. The van der Waals surface area contributed by atoms with Crippen molar-refractivity contribution in [3.05, 3.63) is 34.9 Å². The van der Waals surface area contributed by atoms with E-state index in [4.69, 9.17) is 23.2 Å². The van der Waals surface area contributed by atoms with Crippen LogP contribution in [0.2, 0.25) is 0 Å². The van der Waals surface area contributed by atoms with Gasteiger partial charge in [-0.25, -0.2) is 0 Å². The first-order valence-corrected chi connectivity index (χ1v) is 6.23. The Hall–Kier alpha value is -0.860. The summed E-state index contributed by atoms with van der Waals surface area (Å²) in [6.45, 7) is 4.15. The van der Waals surface area contributed by atoms with Crippen LogP contribution in [0, 0.1) is 5.92 Å². The molecule has 2 nitrogen and oxygen atoms in total. The van der Waals surface area contributed by atoms with E-state index < -0.39 is 10.5 Å². The highest BCUT2D eigenvalue weighted by molar-refractivity contribution is 6.68. The van der Waals surface area contributed by atoms with Crippen molar-refractivity contribution in [1.29, 1.82) is 0 Å². The van der Waals surface area contributed by atoms with Crippen molar-refractivity contribution in [2.75, 3.05) is 0 Å². The summed E-state index contributed by atoms with van der Waals surface area (Å²) in [5, 5.41) is -1.03. The molecule has 0 amide bonds. The van der Waals surface area contributed by atoms with Crippen LogP contribution in [0.1, 0.15) is 46.5 Å². The fraction of sp³-hybridized carbons (Fsp3) is 0.385. The highest BCUT2D eigenvalue weighted by Gasteiger charge is 2.14. The van der Waals surface area contributed by atoms with Crippen LogP contribution in [0.5, 0.6) is 0 Å². The molecule has 0 aliphatic carbocycles. The quantitative estimate of drug-likeness (QED) is 0.759. The predicted molar refractivity (Wildman–Crippen MR) is 70.0 cm³/mol. The Labute approximate surface area is 111 Å². The molecule has 4 heteroatoms. The van der Waals surface area contributed by atoms with Crippen molar-refractivity contribution in [3.63, 3.8) is 0 Å². The minimum absolute atomic E-state index is 0.395. The van der Waals surface area contributed by atoms with Crippen LogP contribution in [0.4, 0.5) is 0 Å². The van der Waals surface area contributed by atoms with Gasteiger partial charge in [0.25, 0.3) is 10.5 Å². The van der Waals surface area contributed by atoms with Gasteiger partial charge in [-0.2, -0.15) is 0 Å². The lowest BCUT2D eigenvalue weighted by atomic mass is 9.94. The van der Waals surface area contributed by atoms with Gasteiger partial charge in [0.2, 0.25) is 0 Å². The number of carbonyl (C=O) groups is 2. The molecule has 1 rings (SSSR count). The third-order valence-electron chi connectivity index (χ3n) is 2.81. The van der Waals surface area contributed by atoms with Gasteiger partial charge in [0.1, 0.15) is 0 Å². The van der Waals surface area contributed by atoms with Gasteiger partial charge in [-0.1, -0.05) is 20.3 Å². The summed E-state index contributed by atoms with van der Waals surface area (Å²) in [7, 11) is 0. The van der Waals surface area contributed by atoms with Gasteiger partial charge >= 0.3 is 0 Å². The van der Waals surface area contributed by atoms with E-state index in [1.54, 1.807) is 12.1 Å². The van der Waals surface area contributed by atoms with Gasteiger partial charge < -0.3 is 0 Å². The highest BCUT2D eigenvalue weighted by atomic mass is 35.5. The van der Waals surface area contributed by atoms with Crippen LogP contribution in [-0.4, -0.2) is 10.5 Å². The largest absolute Gasteiger partial charge is 0.276 e. The lowest BCUT2D eigenvalue weighted by Gasteiger charge is -2.12. The first kappa shape index (κ1) is 14.2. The molecule has 0 saturated carbocycles. The predicted octanol–water partition coefficient (Wildman–Crippen LogP) is 4.03. The van der Waals surface area contributed by atoms with Gasteiger partial charge in [0.15, 0.2) is 0 Å². The number of carbonyl (C=O) groups excluding carboxylic acids is 2. The minimum atomic E-state index is -0.524. The zero-order chi connectivity index (χ0) is 13.0. The highest BCUT2D eigenvalue weighted by Crippen LogP contribution is 2.20. The van der Waals surface area contributed by atoms with Gasteiger partial charge in [-0.15, -0.1) is 0 Å². The maximum absolute atomic E-state index is 11.3. The Morgan fingerprint density at radius 2 is 1.88 bits per heavy atom. The Morgan fingerprint density at radius 3 is 2.35 bits per heavy atom. The van der Waals surface area contributed by atoms with Crippen molar-refractivity contribution < 1.29 is 9.59 Å². The molecule has 0 spiro atoms. The third kappa shape index (κ3) is 3.83. The fourth-order valence-electron chi connectivity index (χ4n) is 1.60. The summed E-state index contributed by atoms with van der Waals surface area (Å²) in [4.78, 5) is 22.3. The summed E-state index contributed by atoms with van der Waals surface area (Å²) >= 11 is 10.9. The first-order chi connectivity index (χ1) is 7.95. The Morgan fingerprint density at radius 1 is 1.24 bits per heavy atom. The van der Waals surface area contributed by atoms with Crippen LogP contribution in [0.3, 0.4) is 0 Å². The molecule has 1 aromatic carbocycles. The maximum Gasteiger partial charge on any atom is 0.252 e. The Bertz CT molecular complexity index is 441. The second kappa shape index (κ2) is 6.18. The normalized spacial score (nSPS) is 12.2. The SMILES string of the molecule is CCC(C)Cc1cc(C(=O)Cl)ccc1C(=O)Cl. The van der Waals surface area contributed by atoms with E-state index in [1.165, 1.54) is 6.07 Å². The molecule has 0 heterocycles. The van der Waals surface area contributed by atoms with E-state index in [0.717, 1.165) is 12.0 Å². The molecule has 0 saturated heterocycles. The molecule has 17 heavy (non-hydrogen) atoms. The van der Waals surface area contributed by atoms with Crippen molar-refractivity contribution in [1.82, 2.24) is 0 Å². The average molecular weight is 273 g/mol. The van der Waals surface area contributed by atoms with E-state index in [2.05, 4.69) is 13.8 Å². The second-order valence-corrected chi connectivity index (χ2v) is 4.82. The number of benzene rings is 1. The zero-order valence-corrected chi connectivity index (χ0v) is 11.3. The van der Waals surface area contributed by atoms with E-state index in [0.29, 0.717) is 23.5 Å². The average Bonchev–Trinajstić information content (AvgIpc) is 2.28. The topological polar surface area (TPSA) is 34.1 Å². The van der Waals surface area contributed by atoms with Crippen LogP contribution in [0.25, 0.3) is 0 Å². The molecule has 1 unspecified atom stereocenters. The van der Waals surface area contributed by atoms with Gasteiger partial charge in [0, 0.05) is 11.1 Å². The standard InChI is InChI=1S/C13H14Cl2O2/c1-3-8(2)6-10-7-9(12(14)16)4-5-11(10)13(15)17/h4-5,7-8H,3,6H2,1-2H3.